The van der Waals surface area contributed by atoms with E-state index in [-0.39, 0.29) is 18.5 Å². The molecule has 4 nitrogen and oxygen atoms in total. The third-order valence-corrected chi connectivity index (χ3v) is 2.96. The molecule has 0 aliphatic heterocycles. The summed E-state index contributed by atoms with van der Waals surface area (Å²) < 4.78 is 4.95. The average Bonchev–Trinajstić information content (AvgIpc) is 2.31. The third kappa shape index (κ3) is 4.55. The number of benzene rings is 1. The van der Waals surface area contributed by atoms with E-state index >= 15 is 0 Å². The van der Waals surface area contributed by atoms with Crippen LogP contribution in [0.1, 0.15) is 12.5 Å². The number of rotatable bonds is 6. The first-order valence-electron chi connectivity index (χ1n) is 5.82. The number of hydrogen-bond donors (Lipinski definition) is 2. The number of methoxy groups -OCH3 is 1. The van der Waals surface area contributed by atoms with Crippen molar-refractivity contribution in [2.24, 2.45) is 0 Å². The normalized spacial score (nSPS) is 12.0. The molecule has 0 bridgehead atoms. The Balaban J connectivity index is 2.45. The lowest BCUT2D eigenvalue weighted by Gasteiger charge is -2.14. The highest BCUT2D eigenvalue weighted by atomic mass is 35.5. The van der Waals surface area contributed by atoms with Gasteiger partial charge in [-0.2, -0.15) is 0 Å². The quantitative estimate of drug-likeness (QED) is 0.833. The molecule has 1 aromatic carbocycles. The summed E-state index contributed by atoms with van der Waals surface area (Å²) >= 11 is 6.12. The molecule has 5 heteroatoms. The molecule has 1 aromatic rings. The van der Waals surface area contributed by atoms with Gasteiger partial charge in [0, 0.05) is 13.2 Å². The number of carbonyl (C=O) groups is 1. The number of nitrogens with one attached hydrogen (secondary N) is 2. The van der Waals surface area contributed by atoms with Crippen molar-refractivity contribution in [2.45, 2.75) is 19.9 Å². The maximum Gasteiger partial charge on any atom is 0.239 e. The molecule has 1 atom stereocenters. The van der Waals surface area contributed by atoms with Gasteiger partial charge in [0.2, 0.25) is 5.91 Å². The van der Waals surface area contributed by atoms with Crippen molar-refractivity contribution in [1.29, 1.82) is 0 Å². The molecule has 0 aromatic heterocycles. The smallest absolute Gasteiger partial charge is 0.239 e. The minimum Gasteiger partial charge on any atom is -0.383 e. The largest absolute Gasteiger partial charge is 0.383 e. The summed E-state index contributed by atoms with van der Waals surface area (Å²) in [6.45, 7) is 4.50. The SMILES string of the molecule is COCC(C)NC(=O)CNc1cccc(C)c1Cl. The molecule has 0 aliphatic carbocycles. The lowest BCUT2D eigenvalue weighted by molar-refractivity contribution is -0.120. The first-order chi connectivity index (χ1) is 8.54. The minimum atomic E-state index is -0.0860. The molecule has 0 aliphatic rings. The molecular weight excluding hydrogens is 252 g/mol. The Morgan fingerprint density at radius 1 is 1.50 bits per heavy atom. The van der Waals surface area contributed by atoms with Crippen molar-refractivity contribution >= 4 is 23.2 Å². The zero-order valence-electron chi connectivity index (χ0n) is 10.9. The summed E-state index contributed by atoms with van der Waals surface area (Å²) in [4.78, 5) is 11.6. The average molecular weight is 271 g/mol. The van der Waals surface area contributed by atoms with Gasteiger partial charge < -0.3 is 15.4 Å². The fourth-order valence-corrected chi connectivity index (χ4v) is 1.77. The van der Waals surface area contributed by atoms with Gasteiger partial charge >= 0.3 is 0 Å². The Kier molecular flexibility index (Phi) is 5.95. The van der Waals surface area contributed by atoms with Gasteiger partial charge in [0.1, 0.15) is 0 Å². The van der Waals surface area contributed by atoms with Crippen LogP contribution >= 0.6 is 11.6 Å². The van der Waals surface area contributed by atoms with Crippen molar-refractivity contribution in [3.63, 3.8) is 0 Å². The van der Waals surface area contributed by atoms with Gasteiger partial charge in [0.15, 0.2) is 0 Å². The van der Waals surface area contributed by atoms with E-state index < -0.39 is 0 Å². The molecule has 1 rings (SSSR count). The highest BCUT2D eigenvalue weighted by molar-refractivity contribution is 6.34. The molecule has 18 heavy (non-hydrogen) atoms. The maximum atomic E-state index is 11.6. The van der Waals surface area contributed by atoms with Gasteiger partial charge in [-0.1, -0.05) is 23.7 Å². The number of amides is 1. The molecular formula is C13H19ClN2O2. The Hall–Kier alpha value is -1.26. The van der Waals surface area contributed by atoms with E-state index in [0.29, 0.717) is 11.6 Å². The van der Waals surface area contributed by atoms with E-state index in [1.165, 1.54) is 0 Å². The van der Waals surface area contributed by atoms with Crippen molar-refractivity contribution in [3.8, 4) is 0 Å². The van der Waals surface area contributed by atoms with Crippen LogP contribution in [0, 0.1) is 6.92 Å². The van der Waals surface area contributed by atoms with Crippen LogP contribution in [0.5, 0.6) is 0 Å². The maximum absolute atomic E-state index is 11.6. The Labute approximate surface area is 113 Å². The molecule has 0 saturated carbocycles. The first-order valence-corrected chi connectivity index (χ1v) is 6.19. The number of halogens is 1. The number of carbonyl (C=O) groups excluding carboxylic acids is 1. The summed E-state index contributed by atoms with van der Waals surface area (Å²) in [6.07, 6.45) is 0. The van der Waals surface area contributed by atoms with Crippen LogP contribution in [0.15, 0.2) is 18.2 Å². The summed E-state index contributed by atoms with van der Waals surface area (Å²) in [5.74, 6) is -0.0860. The van der Waals surface area contributed by atoms with Crippen LogP contribution in [0.2, 0.25) is 5.02 Å². The molecule has 1 unspecified atom stereocenters. The molecule has 1 amide bonds. The summed E-state index contributed by atoms with van der Waals surface area (Å²) in [6, 6.07) is 5.67. The van der Waals surface area contributed by atoms with Crippen LogP contribution in [-0.4, -0.2) is 32.2 Å². The van der Waals surface area contributed by atoms with Gasteiger partial charge in [-0.3, -0.25) is 4.79 Å². The monoisotopic (exact) mass is 270 g/mol. The van der Waals surface area contributed by atoms with E-state index in [1.807, 2.05) is 32.0 Å². The van der Waals surface area contributed by atoms with Crippen molar-refractivity contribution in [2.75, 3.05) is 25.6 Å². The van der Waals surface area contributed by atoms with E-state index in [0.717, 1.165) is 11.3 Å². The molecule has 100 valence electrons. The highest BCUT2D eigenvalue weighted by Gasteiger charge is 2.08. The van der Waals surface area contributed by atoms with E-state index in [4.69, 9.17) is 16.3 Å². The Morgan fingerprint density at radius 3 is 2.89 bits per heavy atom. The molecule has 2 N–H and O–H groups in total. The van der Waals surface area contributed by atoms with Crippen molar-refractivity contribution in [3.05, 3.63) is 28.8 Å². The van der Waals surface area contributed by atoms with Crippen LogP contribution in [0.3, 0.4) is 0 Å². The second kappa shape index (κ2) is 7.24. The van der Waals surface area contributed by atoms with Crippen LogP contribution in [0.4, 0.5) is 5.69 Å². The predicted molar refractivity (Wildman–Crippen MR) is 74.2 cm³/mol. The van der Waals surface area contributed by atoms with Crippen LogP contribution in [-0.2, 0) is 9.53 Å². The Bertz CT molecular complexity index is 410. The van der Waals surface area contributed by atoms with Crippen LogP contribution < -0.4 is 10.6 Å². The van der Waals surface area contributed by atoms with Crippen molar-refractivity contribution in [1.82, 2.24) is 5.32 Å². The van der Waals surface area contributed by atoms with Gasteiger partial charge in [0.25, 0.3) is 0 Å². The van der Waals surface area contributed by atoms with E-state index in [9.17, 15) is 4.79 Å². The zero-order valence-corrected chi connectivity index (χ0v) is 11.7. The molecule has 0 radical (unpaired) electrons. The van der Waals surface area contributed by atoms with Gasteiger partial charge in [-0.05, 0) is 25.5 Å². The number of hydrogen-bond acceptors (Lipinski definition) is 3. The molecule has 0 fully saturated rings. The zero-order chi connectivity index (χ0) is 13.5. The molecule has 0 heterocycles. The fourth-order valence-electron chi connectivity index (χ4n) is 1.58. The molecule has 0 spiro atoms. The molecule has 0 saturated heterocycles. The van der Waals surface area contributed by atoms with Crippen LogP contribution in [0.25, 0.3) is 0 Å². The van der Waals surface area contributed by atoms with E-state index in [1.54, 1.807) is 7.11 Å². The first kappa shape index (κ1) is 14.8. The second-order valence-corrected chi connectivity index (χ2v) is 4.59. The Morgan fingerprint density at radius 2 is 2.22 bits per heavy atom. The second-order valence-electron chi connectivity index (χ2n) is 4.21. The van der Waals surface area contributed by atoms with Gasteiger partial charge in [-0.15, -0.1) is 0 Å². The van der Waals surface area contributed by atoms with E-state index in [2.05, 4.69) is 10.6 Å². The lowest BCUT2D eigenvalue weighted by atomic mass is 10.2. The van der Waals surface area contributed by atoms with Gasteiger partial charge in [-0.25, -0.2) is 0 Å². The highest BCUT2D eigenvalue weighted by Crippen LogP contribution is 2.24. The minimum absolute atomic E-state index is 0.00252. The number of ether oxygens (including phenoxy) is 1. The third-order valence-electron chi connectivity index (χ3n) is 2.46. The number of aryl methyl sites for hydroxylation is 1. The summed E-state index contributed by atoms with van der Waals surface area (Å²) in [5, 5.41) is 6.48. The predicted octanol–water partition coefficient (Wildman–Crippen LogP) is 2.21. The summed E-state index contributed by atoms with van der Waals surface area (Å²) in [5.41, 5.74) is 1.75. The fraction of sp³-hybridized carbons (Fsp3) is 0.462. The topological polar surface area (TPSA) is 50.4 Å². The lowest BCUT2D eigenvalue weighted by Crippen LogP contribution is -2.39. The standard InChI is InChI=1S/C13H19ClN2O2/c1-9-5-4-6-11(13(9)14)15-7-12(17)16-10(2)8-18-3/h4-6,10,15H,7-8H2,1-3H3,(H,16,17). The number of anilines is 1. The summed E-state index contributed by atoms with van der Waals surface area (Å²) in [7, 11) is 1.60. The van der Waals surface area contributed by atoms with Gasteiger partial charge in [0.05, 0.1) is 23.9 Å². The van der Waals surface area contributed by atoms with Crippen molar-refractivity contribution < 1.29 is 9.53 Å².